The Bertz CT molecular complexity index is 940. The smallest absolute Gasteiger partial charge is 0.244 e. The molecule has 1 aromatic carbocycles. The standard InChI is InChI=1S/C23H32N4O2S/c1-19-7-6-12-26(17-19)18-21-9-3-2-8-20(21)15-24-23-11-10-22(16-25-23)30(28,29)27-13-4-5-14-27/h2-3,8-11,16,19H,4-7,12-15,17-18H2,1H3,(H,24,25). The molecule has 2 aromatic rings. The zero-order valence-corrected chi connectivity index (χ0v) is 18.6. The van der Waals surface area contributed by atoms with Crippen molar-refractivity contribution in [1.82, 2.24) is 14.2 Å². The lowest BCUT2D eigenvalue weighted by atomic mass is 9.99. The summed E-state index contributed by atoms with van der Waals surface area (Å²) in [5.74, 6) is 1.46. The molecule has 2 saturated heterocycles. The number of anilines is 1. The number of nitrogens with zero attached hydrogens (tertiary/aromatic N) is 3. The fourth-order valence-electron chi connectivity index (χ4n) is 4.46. The van der Waals surface area contributed by atoms with E-state index >= 15 is 0 Å². The normalized spacial score (nSPS) is 21.0. The number of aromatic nitrogens is 1. The summed E-state index contributed by atoms with van der Waals surface area (Å²) in [5.41, 5.74) is 2.60. The number of hydrogen-bond donors (Lipinski definition) is 1. The number of hydrogen-bond acceptors (Lipinski definition) is 5. The van der Waals surface area contributed by atoms with Gasteiger partial charge < -0.3 is 5.32 Å². The third-order valence-electron chi connectivity index (χ3n) is 6.15. The molecule has 3 heterocycles. The zero-order chi connectivity index (χ0) is 21.0. The molecule has 2 aliphatic heterocycles. The van der Waals surface area contributed by atoms with Gasteiger partial charge in [-0.1, -0.05) is 31.2 Å². The van der Waals surface area contributed by atoms with Crippen LogP contribution in [-0.2, 0) is 23.1 Å². The third-order valence-corrected chi connectivity index (χ3v) is 8.03. The maximum absolute atomic E-state index is 12.6. The van der Waals surface area contributed by atoms with Crippen molar-refractivity contribution >= 4 is 15.8 Å². The zero-order valence-electron chi connectivity index (χ0n) is 17.8. The van der Waals surface area contributed by atoms with Crippen molar-refractivity contribution in [1.29, 1.82) is 0 Å². The Balaban J connectivity index is 1.39. The van der Waals surface area contributed by atoms with Gasteiger partial charge in [-0.2, -0.15) is 4.31 Å². The number of likely N-dealkylation sites (tertiary alicyclic amines) is 1. The second-order valence-electron chi connectivity index (χ2n) is 8.60. The van der Waals surface area contributed by atoms with Crippen LogP contribution in [0.3, 0.4) is 0 Å². The number of sulfonamides is 1. The minimum absolute atomic E-state index is 0.273. The molecule has 0 aliphatic carbocycles. The van der Waals surface area contributed by atoms with Gasteiger partial charge in [-0.15, -0.1) is 0 Å². The third kappa shape index (κ3) is 5.02. The Morgan fingerprint density at radius 2 is 1.80 bits per heavy atom. The second-order valence-corrected chi connectivity index (χ2v) is 10.5. The van der Waals surface area contributed by atoms with E-state index in [0.29, 0.717) is 25.5 Å². The Morgan fingerprint density at radius 1 is 1.03 bits per heavy atom. The molecule has 1 unspecified atom stereocenters. The van der Waals surface area contributed by atoms with Crippen LogP contribution in [0.4, 0.5) is 5.82 Å². The van der Waals surface area contributed by atoms with Gasteiger partial charge in [0.25, 0.3) is 0 Å². The summed E-state index contributed by atoms with van der Waals surface area (Å²) < 4.78 is 26.8. The maximum atomic E-state index is 12.6. The minimum atomic E-state index is -3.41. The van der Waals surface area contributed by atoms with Crippen molar-refractivity contribution in [3.05, 3.63) is 53.7 Å². The molecule has 4 rings (SSSR count). The van der Waals surface area contributed by atoms with Gasteiger partial charge in [0.2, 0.25) is 10.0 Å². The summed E-state index contributed by atoms with van der Waals surface area (Å²) in [6.45, 7) is 7.52. The molecule has 1 atom stereocenters. The highest BCUT2D eigenvalue weighted by atomic mass is 32.2. The fraction of sp³-hybridized carbons (Fsp3) is 0.522. The molecule has 162 valence electrons. The number of pyridine rings is 1. The average Bonchev–Trinajstić information content (AvgIpc) is 3.29. The van der Waals surface area contributed by atoms with Gasteiger partial charge in [-0.25, -0.2) is 13.4 Å². The number of benzene rings is 1. The predicted octanol–water partition coefficient (Wildman–Crippen LogP) is 3.71. The molecule has 0 spiro atoms. The molecule has 0 amide bonds. The highest BCUT2D eigenvalue weighted by Crippen LogP contribution is 2.22. The summed E-state index contributed by atoms with van der Waals surface area (Å²) in [7, 11) is -3.41. The van der Waals surface area contributed by atoms with Crippen LogP contribution in [0.1, 0.15) is 43.7 Å². The van der Waals surface area contributed by atoms with E-state index in [0.717, 1.165) is 31.8 Å². The summed E-state index contributed by atoms with van der Waals surface area (Å²) in [5, 5.41) is 3.36. The Kier molecular flexibility index (Phi) is 6.71. The molecule has 7 heteroatoms. The molecular weight excluding hydrogens is 396 g/mol. The van der Waals surface area contributed by atoms with E-state index in [1.54, 1.807) is 16.4 Å². The van der Waals surface area contributed by atoms with Gasteiger partial charge >= 0.3 is 0 Å². The Morgan fingerprint density at radius 3 is 2.50 bits per heavy atom. The second kappa shape index (κ2) is 9.45. The maximum Gasteiger partial charge on any atom is 0.244 e. The summed E-state index contributed by atoms with van der Waals surface area (Å²) in [6.07, 6.45) is 5.94. The van der Waals surface area contributed by atoms with E-state index in [-0.39, 0.29) is 4.90 Å². The van der Waals surface area contributed by atoms with Gasteiger partial charge in [-0.05, 0) is 61.4 Å². The van der Waals surface area contributed by atoms with Crippen molar-refractivity contribution in [3.63, 3.8) is 0 Å². The highest BCUT2D eigenvalue weighted by molar-refractivity contribution is 7.89. The number of rotatable bonds is 7. The lowest BCUT2D eigenvalue weighted by Gasteiger charge is -2.31. The summed E-state index contributed by atoms with van der Waals surface area (Å²) in [4.78, 5) is 7.18. The molecule has 1 aromatic heterocycles. The van der Waals surface area contributed by atoms with Crippen molar-refractivity contribution < 1.29 is 8.42 Å². The van der Waals surface area contributed by atoms with Crippen LogP contribution in [-0.4, -0.2) is 48.8 Å². The average molecular weight is 429 g/mol. The summed E-state index contributed by atoms with van der Waals surface area (Å²) in [6, 6.07) is 11.9. The molecule has 2 aliphatic rings. The van der Waals surface area contributed by atoms with Crippen molar-refractivity contribution in [3.8, 4) is 0 Å². The van der Waals surface area contributed by atoms with Gasteiger partial charge in [0.15, 0.2) is 0 Å². The quantitative estimate of drug-likeness (QED) is 0.728. The van der Waals surface area contributed by atoms with Gasteiger partial charge in [0, 0.05) is 38.9 Å². The molecule has 0 saturated carbocycles. The van der Waals surface area contributed by atoms with E-state index in [1.807, 2.05) is 0 Å². The van der Waals surface area contributed by atoms with Crippen LogP contribution in [0.2, 0.25) is 0 Å². The van der Waals surface area contributed by atoms with Crippen LogP contribution in [0.25, 0.3) is 0 Å². The van der Waals surface area contributed by atoms with E-state index in [9.17, 15) is 8.42 Å². The first-order valence-electron chi connectivity index (χ1n) is 11.0. The highest BCUT2D eigenvalue weighted by Gasteiger charge is 2.27. The molecule has 30 heavy (non-hydrogen) atoms. The van der Waals surface area contributed by atoms with Crippen LogP contribution < -0.4 is 5.32 Å². The van der Waals surface area contributed by atoms with Crippen molar-refractivity contribution in [2.24, 2.45) is 5.92 Å². The number of nitrogens with one attached hydrogen (secondary N) is 1. The molecule has 6 nitrogen and oxygen atoms in total. The monoisotopic (exact) mass is 428 g/mol. The molecule has 0 radical (unpaired) electrons. The lowest BCUT2D eigenvalue weighted by Crippen LogP contribution is -2.34. The molecule has 2 fully saturated rings. The first-order chi connectivity index (χ1) is 14.5. The van der Waals surface area contributed by atoms with E-state index in [4.69, 9.17) is 0 Å². The van der Waals surface area contributed by atoms with Crippen molar-refractivity contribution in [2.45, 2.75) is 50.6 Å². The Hall–Kier alpha value is -1.96. The van der Waals surface area contributed by atoms with Crippen LogP contribution in [0.5, 0.6) is 0 Å². The fourth-order valence-corrected chi connectivity index (χ4v) is 5.92. The van der Waals surface area contributed by atoms with Gasteiger partial charge in [0.05, 0.1) is 0 Å². The predicted molar refractivity (Wildman–Crippen MR) is 120 cm³/mol. The van der Waals surface area contributed by atoms with Crippen molar-refractivity contribution in [2.75, 3.05) is 31.5 Å². The molecular formula is C23H32N4O2S. The van der Waals surface area contributed by atoms with Gasteiger partial charge in [0.1, 0.15) is 10.7 Å². The van der Waals surface area contributed by atoms with E-state index in [1.165, 1.54) is 36.7 Å². The van der Waals surface area contributed by atoms with Crippen LogP contribution in [0, 0.1) is 5.92 Å². The summed E-state index contributed by atoms with van der Waals surface area (Å²) >= 11 is 0. The van der Waals surface area contributed by atoms with Gasteiger partial charge in [-0.3, -0.25) is 4.90 Å². The Labute approximate surface area is 180 Å². The largest absolute Gasteiger partial charge is 0.366 e. The van der Waals surface area contributed by atoms with E-state index in [2.05, 4.69) is 46.4 Å². The van der Waals surface area contributed by atoms with Crippen LogP contribution in [0.15, 0.2) is 47.5 Å². The van der Waals surface area contributed by atoms with E-state index < -0.39 is 10.0 Å². The topological polar surface area (TPSA) is 65.5 Å². The first kappa shape index (κ1) is 21.3. The molecule has 0 bridgehead atoms. The van der Waals surface area contributed by atoms with Crippen LogP contribution >= 0.6 is 0 Å². The minimum Gasteiger partial charge on any atom is -0.366 e. The number of piperidine rings is 1. The first-order valence-corrected chi connectivity index (χ1v) is 12.5. The molecule has 1 N–H and O–H groups in total. The SMILES string of the molecule is CC1CCCN(Cc2ccccc2CNc2ccc(S(=O)(=O)N3CCCC3)cn2)C1. The lowest BCUT2D eigenvalue weighted by molar-refractivity contribution is 0.176.